The third-order valence-corrected chi connectivity index (χ3v) is 6.33. The molecule has 1 aliphatic heterocycles. The number of nitro benzene ring substituents is 1. The van der Waals surface area contributed by atoms with Crippen LogP contribution in [0.5, 0.6) is 5.75 Å². The third-order valence-electron chi connectivity index (χ3n) is 5.84. The fourth-order valence-electron chi connectivity index (χ4n) is 4.24. The average Bonchev–Trinajstić information content (AvgIpc) is 3.12. The highest BCUT2D eigenvalue weighted by Crippen LogP contribution is 2.40. The number of halogens is 1. The van der Waals surface area contributed by atoms with Gasteiger partial charge in [-0.05, 0) is 41.5 Å². The second kappa shape index (κ2) is 8.42. The molecule has 0 saturated carbocycles. The van der Waals surface area contributed by atoms with Gasteiger partial charge in [0.15, 0.2) is 5.43 Å². The van der Waals surface area contributed by atoms with E-state index in [1.807, 2.05) is 12.1 Å². The van der Waals surface area contributed by atoms with Crippen molar-refractivity contribution >= 4 is 38.5 Å². The van der Waals surface area contributed by atoms with E-state index in [0.717, 1.165) is 5.56 Å². The van der Waals surface area contributed by atoms with Crippen molar-refractivity contribution in [3.05, 3.63) is 114 Å². The molecule has 0 N–H and O–H groups in total. The lowest BCUT2D eigenvalue weighted by Gasteiger charge is -2.25. The Bertz CT molecular complexity index is 1510. The van der Waals surface area contributed by atoms with Gasteiger partial charge in [-0.1, -0.05) is 40.2 Å². The molecule has 34 heavy (non-hydrogen) atoms. The number of ether oxygens (including phenoxy) is 1. The molecule has 0 aliphatic carbocycles. The Balaban J connectivity index is 1.71. The third kappa shape index (κ3) is 3.63. The zero-order chi connectivity index (χ0) is 24.0. The fraction of sp³-hybridized carbons (Fsp3) is 0.120. The van der Waals surface area contributed by atoms with Crippen LogP contribution >= 0.6 is 15.9 Å². The number of non-ortho nitro benzene ring substituents is 1. The SMILES string of the molecule is COc1ccc(CN2C(=O)c3oc4ccc(Br)cc4c(=O)c3[C@@H]2c2cccc([N+](=O)[O-])c2)cc1. The number of nitro groups is 1. The minimum atomic E-state index is -0.843. The van der Waals surface area contributed by atoms with E-state index in [1.165, 1.54) is 17.0 Å². The minimum absolute atomic E-state index is 0.0511. The standard InChI is InChI=1S/C25H17BrN2O6/c1-33-18-8-5-14(6-9-18)13-27-22(15-3-2-4-17(11-15)28(31)32)21-23(29)19-12-16(26)7-10-20(19)34-24(21)25(27)30/h2-12,22H,13H2,1H3/t22-/m0/s1. The van der Waals surface area contributed by atoms with Gasteiger partial charge in [-0.25, -0.2) is 0 Å². The number of rotatable bonds is 5. The molecular weight excluding hydrogens is 504 g/mol. The summed E-state index contributed by atoms with van der Waals surface area (Å²) in [6.45, 7) is 0.167. The van der Waals surface area contributed by atoms with Gasteiger partial charge in [-0.2, -0.15) is 0 Å². The van der Waals surface area contributed by atoms with Gasteiger partial charge in [-0.15, -0.1) is 0 Å². The molecule has 0 unspecified atom stereocenters. The summed E-state index contributed by atoms with van der Waals surface area (Å²) in [7, 11) is 1.56. The molecule has 4 aromatic rings. The van der Waals surface area contributed by atoms with Crippen LogP contribution in [0.3, 0.4) is 0 Å². The first-order valence-electron chi connectivity index (χ1n) is 10.3. The molecule has 1 amide bonds. The van der Waals surface area contributed by atoms with E-state index in [-0.39, 0.29) is 29.0 Å². The fourth-order valence-corrected chi connectivity index (χ4v) is 4.60. The molecule has 1 aromatic heterocycles. The Morgan fingerprint density at radius 2 is 1.85 bits per heavy atom. The zero-order valence-corrected chi connectivity index (χ0v) is 19.4. The number of fused-ring (bicyclic) bond motifs is 2. The van der Waals surface area contributed by atoms with E-state index < -0.39 is 16.9 Å². The summed E-state index contributed by atoms with van der Waals surface area (Å²) in [5, 5.41) is 11.7. The van der Waals surface area contributed by atoms with Crippen LogP contribution in [0.1, 0.15) is 33.3 Å². The molecule has 5 rings (SSSR count). The quantitative estimate of drug-likeness (QED) is 0.264. The Morgan fingerprint density at radius 3 is 2.56 bits per heavy atom. The first-order chi connectivity index (χ1) is 16.4. The van der Waals surface area contributed by atoms with Crippen LogP contribution in [0, 0.1) is 10.1 Å². The van der Waals surface area contributed by atoms with Crippen LogP contribution in [0.4, 0.5) is 5.69 Å². The molecule has 0 bridgehead atoms. The molecule has 3 aromatic carbocycles. The number of hydrogen-bond donors (Lipinski definition) is 0. The molecule has 1 atom stereocenters. The maximum atomic E-state index is 13.6. The van der Waals surface area contributed by atoms with E-state index in [0.29, 0.717) is 26.8 Å². The summed E-state index contributed by atoms with van der Waals surface area (Å²) in [6.07, 6.45) is 0. The largest absolute Gasteiger partial charge is 0.497 e. The van der Waals surface area contributed by atoms with Crippen molar-refractivity contribution in [1.29, 1.82) is 0 Å². The molecule has 8 nitrogen and oxygen atoms in total. The normalized spacial score (nSPS) is 14.9. The number of carbonyl (C=O) groups excluding carboxylic acids is 1. The summed E-state index contributed by atoms with van der Waals surface area (Å²) >= 11 is 3.37. The number of carbonyl (C=O) groups is 1. The van der Waals surface area contributed by atoms with E-state index in [9.17, 15) is 19.7 Å². The molecule has 9 heteroatoms. The number of nitrogens with zero attached hydrogens (tertiary/aromatic N) is 2. The van der Waals surface area contributed by atoms with Gasteiger partial charge >= 0.3 is 0 Å². The summed E-state index contributed by atoms with van der Waals surface area (Å²) < 4.78 is 11.8. The van der Waals surface area contributed by atoms with Crippen LogP contribution in [-0.4, -0.2) is 22.8 Å². The van der Waals surface area contributed by atoms with Crippen molar-refractivity contribution in [1.82, 2.24) is 4.90 Å². The highest BCUT2D eigenvalue weighted by Gasteiger charge is 2.43. The van der Waals surface area contributed by atoms with E-state index in [2.05, 4.69) is 15.9 Å². The predicted molar refractivity (Wildman–Crippen MR) is 128 cm³/mol. The molecule has 0 radical (unpaired) electrons. The predicted octanol–water partition coefficient (Wildman–Crippen LogP) is 5.22. The van der Waals surface area contributed by atoms with Crippen molar-refractivity contribution in [3.63, 3.8) is 0 Å². The maximum Gasteiger partial charge on any atom is 0.291 e. The van der Waals surface area contributed by atoms with Crippen LogP contribution < -0.4 is 10.2 Å². The summed E-state index contributed by atoms with van der Waals surface area (Å²) in [6, 6.07) is 17.3. The van der Waals surface area contributed by atoms with Gasteiger partial charge in [0.25, 0.3) is 11.6 Å². The van der Waals surface area contributed by atoms with Gasteiger partial charge in [-0.3, -0.25) is 19.7 Å². The van der Waals surface area contributed by atoms with E-state index in [4.69, 9.17) is 9.15 Å². The lowest BCUT2D eigenvalue weighted by molar-refractivity contribution is -0.384. The number of amides is 1. The number of hydrogen-bond acceptors (Lipinski definition) is 6. The summed E-state index contributed by atoms with van der Waals surface area (Å²) in [5.74, 6) is 0.165. The van der Waals surface area contributed by atoms with Gasteiger partial charge in [0.2, 0.25) is 5.76 Å². The van der Waals surface area contributed by atoms with Gasteiger partial charge < -0.3 is 14.1 Å². The van der Waals surface area contributed by atoms with E-state index >= 15 is 0 Å². The Hall–Kier alpha value is -3.98. The minimum Gasteiger partial charge on any atom is -0.497 e. The smallest absolute Gasteiger partial charge is 0.291 e. The van der Waals surface area contributed by atoms with E-state index in [1.54, 1.807) is 49.6 Å². The average molecular weight is 521 g/mol. The highest BCUT2D eigenvalue weighted by atomic mass is 79.9. The second-order valence-electron chi connectivity index (χ2n) is 7.85. The van der Waals surface area contributed by atoms with Crippen molar-refractivity contribution in [2.45, 2.75) is 12.6 Å². The van der Waals surface area contributed by atoms with Gasteiger partial charge in [0.05, 0.1) is 29.0 Å². The van der Waals surface area contributed by atoms with Crippen LogP contribution in [0.15, 0.2) is 80.4 Å². The molecule has 2 heterocycles. The lowest BCUT2D eigenvalue weighted by Crippen LogP contribution is -2.29. The highest BCUT2D eigenvalue weighted by molar-refractivity contribution is 9.10. The first-order valence-corrected chi connectivity index (χ1v) is 11.1. The Labute approximate surface area is 201 Å². The van der Waals surface area contributed by atoms with Crippen LogP contribution in [-0.2, 0) is 6.54 Å². The molecule has 0 fully saturated rings. The topological polar surface area (TPSA) is 103 Å². The zero-order valence-electron chi connectivity index (χ0n) is 17.9. The first kappa shape index (κ1) is 21.8. The number of benzene rings is 3. The Kier molecular flexibility index (Phi) is 5.41. The van der Waals surface area contributed by atoms with Gasteiger partial charge in [0.1, 0.15) is 11.3 Å². The van der Waals surface area contributed by atoms with Crippen molar-refractivity contribution < 1.29 is 18.9 Å². The monoisotopic (exact) mass is 520 g/mol. The molecule has 1 aliphatic rings. The lowest BCUT2D eigenvalue weighted by atomic mass is 9.98. The van der Waals surface area contributed by atoms with Crippen molar-refractivity contribution in [3.8, 4) is 5.75 Å². The van der Waals surface area contributed by atoms with Crippen molar-refractivity contribution in [2.75, 3.05) is 7.11 Å². The Morgan fingerprint density at radius 1 is 1.09 bits per heavy atom. The summed E-state index contributed by atoms with van der Waals surface area (Å²) in [4.78, 5) is 39.5. The van der Waals surface area contributed by atoms with Crippen molar-refractivity contribution in [2.24, 2.45) is 0 Å². The molecular formula is C25H17BrN2O6. The number of methoxy groups -OCH3 is 1. The van der Waals surface area contributed by atoms with Crippen LogP contribution in [0.2, 0.25) is 0 Å². The maximum absolute atomic E-state index is 13.6. The molecule has 0 saturated heterocycles. The molecule has 170 valence electrons. The van der Waals surface area contributed by atoms with Gasteiger partial charge in [0, 0.05) is 23.2 Å². The second-order valence-corrected chi connectivity index (χ2v) is 8.77. The van der Waals surface area contributed by atoms with Crippen LogP contribution in [0.25, 0.3) is 11.0 Å². The molecule has 0 spiro atoms. The summed E-state index contributed by atoms with van der Waals surface area (Å²) in [5.41, 5.74) is 1.25.